The molecule has 1 aliphatic heterocycles. The summed E-state index contributed by atoms with van der Waals surface area (Å²) in [5, 5.41) is 4.00. The van der Waals surface area contributed by atoms with Crippen molar-refractivity contribution in [2.24, 2.45) is 0 Å². The lowest BCUT2D eigenvalue weighted by molar-refractivity contribution is 0.745. The third kappa shape index (κ3) is 3.62. The van der Waals surface area contributed by atoms with E-state index in [0.29, 0.717) is 0 Å². The van der Waals surface area contributed by atoms with Crippen molar-refractivity contribution in [2.75, 3.05) is 31.3 Å². The van der Waals surface area contributed by atoms with Crippen LogP contribution in [-0.2, 0) is 6.54 Å². The average molecular weight is 265 g/mol. The molecular weight excluding hydrogens is 242 g/mol. The molecule has 2 rings (SSSR count). The van der Waals surface area contributed by atoms with Crippen molar-refractivity contribution in [3.05, 3.63) is 24.0 Å². The Hall–Kier alpha value is -0.740. The Morgan fingerprint density at radius 3 is 3.11 bits per heavy atom. The molecule has 18 heavy (non-hydrogen) atoms. The molecule has 1 saturated heterocycles. The summed E-state index contributed by atoms with van der Waals surface area (Å²) in [6, 6.07) is 4.36. The Labute approximate surface area is 114 Å². The van der Waals surface area contributed by atoms with Crippen LogP contribution in [-0.4, -0.2) is 36.6 Å². The maximum absolute atomic E-state index is 4.39. The number of anilines is 1. The predicted molar refractivity (Wildman–Crippen MR) is 80.4 cm³/mol. The van der Waals surface area contributed by atoms with Crippen LogP contribution in [0.5, 0.6) is 0 Å². The molecular formula is C14H23N3S. The van der Waals surface area contributed by atoms with E-state index < -0.39 is 0 Å². The first-order valence-electron chi connectivity index (χ1n) is 6.70. The van der Waals surface area contributed by atoms with Gasteiger partial charge in [0.05, 0.1) is 5.69 Å². The standard InChI is InChI=1S/C14H23N3S/c1-15-11-12-10-13(5-7-16-12)17-8-3-4-14(18-2)6-9-17/h5,7,10,14-15H,3-4,6,8-9,11H2,1-2H3. The van der Waals surface area contributed by atoms with E-state index in [0.717, 1.165) is 17.5 Å². The molecule has 0 aromatic carbocycles. The van der Waals surface area contributed by atoms with Crippen LogP contribution in [0.4, 0.5) is 5.69 Å². The van der Waals surface area contributed by atoms with E-state index >= 15 is 0 Å². The Kier molecular flexibility index (Phi) is 5.32. The van der Waals surface area contributed by atoms with E-state index in [2.05, 4.69) is 33.6 Å². The van der Waals surface area contributed by atoms with E-state index in [1.807, 2.05) is 25.0 Å². The monoisotopic (exact) mass is 265 g/mol. The largest absolute Gasteiger partial charge is 0.371 e. The fraction of sp³-hybridized carbons (Fsp3) is 0.643. The molecule has 1 aromatic heterocycles. The van der Waals surface area contributed by atoms with Crippen molar-refractivity contribution in [1.82, 2.24) is 10.3 Å². The summed E-state index contributed by atoms with van der Waals surface area (Å²) in [6.45, 7) is 3.20. The predicted octanol–water partition coefficient (Wildman–Crippen LogP) is 2.52. The lowest BCUT2D eigenvalue weighted by Gasteiger charge is -2.23. The molecule has 1 aliphatic rings. The first-order chi connectivity index (χ1) is 8.83. The quantitative estimate of drug-likeness (QED) is 0.905. The summed E-state index contributed by atoms with van der Waals surface area (Å²) in [5.41, 5.74) is 2.46. The van der Waals surface area contributed by atoms with Crippen molar-refractivity contribution in [3.63, 3.8) is 0 Å². The highest BCUT2D eigenvalue weighted by Gasteiger charge is 2.16. The van der Waals surface area contributed by atoms with Gasteiger partial charge in [-0.25, -0.2) is 0 Å². The summed E-state index contributed by atoms with van der Waals surface area (Å²) in [5.74, 6) is 0. The minimum Gasteiger partial charge on any atom is -0.371 e. The first kappa shape index (κ1) is 13.7. The van der Waals surface area contributed by atoms with Gasteiger partial charge in [-0.2, -0.15) is 11.8 Å². The Bertz CT molecular complexity index is 370. The van der Waals surface area contributed by atoms with Crippen molar-refractivity contribution in [2.45, 2.75) is 31.1 Å². The average Bonchev–Trinajstić information content (AvgIpc) is 2.65. The van der Waals surface area contributed by atoms with Crippen molar-refractivity contribution >= 4 is 17.4 Å². The van der Waals surface area contributed by atoms with Crippen molar-refractivity contribution in [1.29, 1.82) is 0 Å². The van der Waals surface area contributed by atoms with Gasteiger partial charge in [-0.15, -0.1) is 0 Å². The molecule has 2 heterocycles. The van der Waals surface area contributed by atoms with Crippen LogP contribution >= 0.6 is 11.8 Å². The van der Waals surface area contributed by atoms with Crippen LogP contribution in [0.15, 0.2) is 18.3 Å². The fourth-order valence-corrected chi connectivity index (χ4v) is 3.24. The highest BCUT2D eigenvalue weighted by atomic mass is 32.2. The number of nitrogens with zero attached hydrogens (tertiary/aromatic N) is 2. The van der Waals surface area contributed by atoms with Gasteiger partial charge in [0.15, 0.2) is 0 Å². The molecule has 1 atom stereocenters. The highest BCUT2D eigenvalue weighted by Crippen LogP contribution is 2.24. The number of nitrogens with one attached hydrogen (secondary N) is 1. The zero-order valence-electron chi connectivity index (χ0n) is 11.4. The summed E-state index contributed by atoms with van der Waals surface area (Å²) in [6.07, 6.45) is 8.11. The van der Waals surface area contributed by atoms with E-state index in [-0.39, 0.29) is 0 Å². The zero-order chi connectivity index (χ0) is 12.8. The van der Waals surface area contributed by atoms with E-state index in [1.54, 1.807) is 0 Å². The smallest absolute Gasteiger partial charge is 0.0562 e. The summed E-state index contributed by atoms with van der Waals surface area (Å²) >= 11 is 2.02. The zero-order valence-corrected chi connectivity index (χ0v) is 12.2. The SMILES string of the molecule is CNCc1cc(N2CCCC(SC)CC2)ccn1. The Morgan fingerprint density at radius 1 is 1.44 bits per heavy atom. The van der Waals surface area contributed by atoms with Gasteiger partial charge in [0.25, 0.3) is 0 Å². The number of hydrogen-bond acceptors (Lipinski definition) is 4. The van der Waals surface area contributed by atoms with Crippen LogP contribution in [0.25, 0.3) is 0 Å². The van der Waals surface area contributed by atoms with E-state index in [4.69, 9.17) is 0 Å². The molecule has 1 fully saturated rings. The Balaban J connectivity index is 2.03. The molecule has 0 spiro atoms. The van der Waals surface area contributed by atoms with Crippen molar-refractivity contribution < 1.29 is 0 Å². The van der Waals surface area contributed by atoms with Crippen LogP contribution in [0.2, 0.25) is 0 Å². The highest BCUT2D eigenvalue weighted by molar-refractivity contribution is 7.99. The molecule has 100 valence electrons. The van der Waals surface area contributed by atoms with E-state index in [1.165, 1.54) is 38.0 Å². The van der Waals surface area contributed by atoms with E-state index in [9.17, 15) is 0 Å². The summed E-state index contributed by atoms with van der Waals surface area (Å²) in [4.78, 5) is 6.90. The lowest BCUT2D eigenvalue weighted by atomic mass is 10.2. The maximum Gasteiger partial charge on any atom is 0.0562 e. The second-order valence-corrected chi connectivity index (χ2v) is 5.95. The van der Waals surface area contributed by atoms with Gasteiger partial charge in [0.2, 0.25) is 0 Å². The molecule has 0 aliphatic carbocycles. The molecule has 0 saturated carbocycles. The van der Waals surface area contributed by atoms with Gasteiger partial charge < -0.3 is 10.2 Å². The molecule has 0 radical (unpaired) electrons. The van der Waals surface area contributed by atoms with Crippen LogP contribution in [0.1, 0.15) is 25.0 Å². The molecule has 1 aromatic rings. The maximum atomic E-state index is 4.39. The lowest BCUT2D eigenvalue weighted by Crippen LogP contribution is -2.24. The van der Waals surface area contributed by atoms with Gasteiger partial charge in [0.1, 0.15) is 0 Å². The van der Waals surface area contributed by atoms with Gasteiger partial charge in [-0.3, -0.25) is 4.98 Å². The normalized spacial score (nSPS) is 20.8. The van der Waals surface area contributed by atoms with Crippen LogP contribution in [0, 0.1) is 0 Å². The fourth-order valence-electron chi connectivity index (χ4n) is 2.50. The molecule has 0 amide bonds. The van der Waals surface area contributed by atoms with Gasteiger partial charge >= 0.3 is 0 Å². The summed E-state index contributed by atoms with van der Waals surface area (Å²) in [7, 11) is 1.96. The second-order valence-electron chi connectivity index (χ2n) is 4.81. The molecule has 0 bridgehead atoms. The van der Waals surface area contributed by atoms with Crippen molar-refractivity contribution in [3.8, 4) is 0 Å². The third-order valence-corrected chi connectivity index (χ3v) is 4.67. The Morgan fingerprint density at radius 2 is 2.33 bits per heavy atom. The number of rotatable bonds is 4. The third-order valence-electron chi connectivity index (χ3n) is 3.53. The number of aromatic nitrogens is 1. The van der Waals surface area contributed by atoms with Crippen LogP contribution in [0.3, 0.4) is 0 Å². The summed E-state index contributed by atoms with van der Waals surface area (Å²) < 4.78 is 0. The molecule has 1 N–H and O–H groups in total. The number of hydrogen-bond donors (Lipinski definition) is 1. The molecule has 1 unspecified atom stereocenters. The second kappa shape index (κ2) is 7.00. The first-order valence-corrected chi connectivity index (χ1v) is 7.99. The number of thioether (sulfide) groups is 1. The minimum atomic E-state index is 0.841. The van der Waals surface area contributed by atoms with Gasteiger partial charge in [-0.1, -0.05) is 0 Å². The molecule has 4 heteroatoms. The van der Waals surface area contributed by atoms with Crippen LogP contribution < -0.4 is 10.2 Å². The number of pyridine rings is 1. The minimum absolute atomic E-state index is 0.841. The van der Waals surface area contributed by atoms with Gasteiger partial charge in [0, 0.05) is 36.8 Å². The van der Waals surface area contributed by atoms with Gasteiger partial charge in [-0.05, 0) is 44.7 Å². The topological polar surface area (TPSA) is 28.2 Å². The molecule has 3 nitrogen and oxygen atoms in total.